The third kappa shape index (κ3) is 2.35. The number of fused-ring (bicyclic) bond motifs is 1. The summed E-state index contributed by atoms with van der Waals surface area (Å²) < 4.78 is 38.2. The minimum Gasteiger partial charge on any atom is -0.491 e. The van der Waals surface area contributed by atoms with Crippen molar-refractivity contribution in [1.82, 2.24) is 4.57 Å². The molecule has 0 aliphatic heterocycles. The van der Waals surface area contributed by atoms with Gasteiger partial charge in [-0.25, -0.2) is 9.18 Å². The minimum atomic E-state index is -1.22. The number of aromatic nitrogens is 1. The SMILES string of the molecule is CCOC(=O)c1cn(C)c2c(OC)c(F)c(F)cc2c1=O. The fourth-order valence-corrected chi connectivity index (χ4v) is 2.12. The van der Waals surface area contributed by atoms with Crippen molar-refractivity contribution in [3.8, 4) is 5.75 Å². The first-order valence-corrected chi connectivity index (χ1v) is 6.14. The molecule has 0 saturated carbocycles. The molecule has 0 aliphatic rings. The van der Waals surface area contributed by atoms with E-state index in [0.717, 1.165) is 6.07 Å². The van der Waals surface area contributed by atoms with Crippen molar-refractivity contribution in [2.75, 3.05) is 13.7 Å². The lowest BCUT2D eigenvalue weighted by molar-refractivity contribution is 0.0524. The van der Waals surface area contributed by atoms with Crippen molar-refractivity contribution >= 4 is 16.9 Å². The summed E-state index contributed by atoms with van der Waals surface area (Å²) in [7, 11) is 2.66. The number of esters is 1. The predicted molar refractivity (Wildman–Crippen MR) is 71.6 cm³/mol. The molecule has 0 N–H and O–H groups in total. The van der Waals surface area contributed by atoms with E-state index in [4.69, 9.17) is 9.47 Å². The van der Waals surface area contributed by atoms with E-state index in [9.17, 15) is 18.4 Å². The van der Waals surface area contributed by atoms with Crippen LogP contribution in [-0.2, 0) is 11.8 Å². The van der Waals surface area contributed by atoms with E-state index in [1.165, 1.54) is 24.9 Å². The smallest absolute Gasteiger partial charge is 0.343 e. The molecule has 112 valence electrons. The first kappa shape index (κ1) is 15.0. The Balaban J connectivity index is 2.89. The van der Waals surface area contributed by atoms with Gasteiger partial charge in [0, 0.05) is 13.2 Å². The van der Waals surface area contributed by atoms with Crippen LogP contribution in [0.1, 0.15) is 17.3 Å². The highest BCUT2D eigenvalue weighted by molar-refractivity contribution is 5.95. The summed E-state index contributed by atoms with van der Waals surface area (Å²) in [6, 6.07) is 0.748. The molecular weight excluding hydrogens is 284 g/mol. The molecule has 7 heteroatoms. The Morgan fingerprint density at radius 3 is 2.62 bits per heavy atom. The first-order valence-electron chi connectivity index (χ1n) is 6.14. The zero-order valence-corrected chi connectivity index (χ0v) is 11.7. The van der Waals surface area contributed by atoms with E-state index in [1.54, 1.807) is 6.92 Å². The maximum absolute atomic E-state index is 13.7. The third-order valence-corrected chi connectivity index (χ3v) is 3.01. The molecule has 0 atom stereocenters. The van der Waals surface area contributed by atoms with Gasteiger partial charge in [-0.2, -0.15) is 4.39 Å². The van der Waals surface area contributed by atoms with Crippen molar-refractivity contribution in [2.24, 2.45) is 7.05 Å². The first-order chi connectivity index (χ1) is 9.92. The van der Waals surface area contributed by atoms with Crippen molar-refractivity contribution in [2.45, 2.75) is 6.92 Å². The van der Waals surface area contributed by atoms with Gasteiger partial charge in [-0.1, -0.05) is 0 Å². The number of hydrogen-bond acceptors (Lipinski definition) is 4. The zero-order valence-electron chi connectivity index (χ0n) is 11.7. The molecule has 2 rings (SSSR count). The normalized spacial score (nSPS) is 10.7. The van der Waals surface area contributed by atoms with Crippen LogP contribution in [0, 0.1) is 11.6 Å². The fourth-order valence-electron chi connectivity index (χ4n) is 2.12. The van der Waals surface area contributed by atoms with E-state index < -0.39 is 23.0 Å². The number of pyridine rings is 1. The van der Waals surface area contributed by atoms with Crippen LogP contribution in [0.25, 0.3) is 10.9 Å². The predicted octanol–water partition coefficient (Wildman–Crippen LogP) is 2.00. The van der Waals surface area contributed by atoms with Crippen LogP contribution in [-0.4, -0.2) is 24.3 Å². The van der Waals surface area contributed by atoms with Gasteiger partial charge >= 0.3 is 5.97 Å². The highest BCUT2D eigenvalue weighted by Crippen LogP contribution is 2.29. The molecule has 5 nitrogen and oxygen atoms in total. The van der Waals surface area contributed by atoms with Crippen LogP contribution in [0.4, 0.5) is 8.78 Å². The second-order valence-corrected chi connectivity index (χ2v) is 4.31. The van der Waals surface area contributed by atoms with E-state index in [2.05, 4.69) is 0 Å². The second-order valence-electron chi connectivity index (χ2n) is 4.31. The molecule has 0 bridgehead atoms. The molecule has 0 radical (unpaired) electrons. The van der Waals surface area contributed by atoms with Crippen molar-refractivity contribution in [3.63, 3.8) is 0 Å². The lowest BCUT2D eigenvalue weighted by Gasteiger charge is -2.13. The van der Waals surface area contributed by atoms with Gasteiger partial charge in [-0.05, 0) is 13.0 Å². The Morgan fingerprint density at radius 2 is 2.05 bits per heavy atom. The summed E-state index contributed by atoms with van der Waals surface area (Å²) in [6.07, 6.45) is 1.21. The third-order valence-electron chi connectivity index (χ3n) is 3.01. The van der Waals surface area contributed by atoms with Gasteiger partial charge in [0.1, 0.15) is 5.56 Å². The Labute approximate surface area is 118 Å². The number of rotatable bonds is 3. The van der Waals surface area contributed by atoms with Crippen molar-refractivity contribution in [1.29, 1.82) is 0 Å². The number of methoxy groups -OCH3 is 1. The van der Waals surface area contributed by atoms with Gasteiger partial charge in [0.05, 0.1) is 24.6 Å². The fraction of sp³-hybridized carbons (Fsp3) is 0.286. The summed E-state index contributed by atoms with van der Waals surface area (Å²) in [5.74, 6) is -3.62. The maximum Gasteiger partial charge on any atom is 0.343 e. The number of carbonyl (C=O) groups is 1. The Bertz CT molecular complexity index is 783. The quantitative estimate of drug-likeness (QED) is 0.813. The summed E-state index contributed by atoms with van der Waals surface area (Å²) in [4.78, 5) is 24.0. The standard InChI is InChI=1S/C14H13F2NO4/c1-4-21-14(19)8-6-17(2)11-7(12(8)18)5-9(15)10(16)13(11)20-3/h5-6H,4H2,1-3H3. The van der Waals surface area contributed by atoms with Crippen LogP contribution in [0.2, 0.25) is 0 Å². The summed E-state index contributed by atoms with van der Waals surface area (Å²) >= 11 is 0. The van der Waals surface area contributed by atoms with Crippen molar-refractivity contribution in [3.05, 3.63) is 39.7 Å². The molecule has 0 amide bonds. The molecule has 0 spiro atoms. The van der Waals surface area contributed by atoms with Gasteiger partial charge in [0.2, 0.25) is 11.2 Å². The van der Waals surface area contributed by atoms with Crippen LogP contribution in [0.3, 0.4) is 0 Å². The Morgan fingerprint density at radius 1 is 1.38 bits per heavy atom. The van der Waals surface area contributed by atoms with Crippen LogP contribution >= 0.6 is 0 Å². The molecule has 1 aromatic carbocycles. The number of hydrogen-bond donors (Lipinski definition) is 0. The number of benzene rings is 1. The average Bonchev–Trinajstić information content (AvgIpc) is 2.45. The number of aryl methyl sites for hydroxylation is 1. The molecule has 0 unspecified atom stereocenters. The minimum absolute atomic E-state index is 0.0643. The highest BCUT2D eigenvalue weighted by Gasteiger charge is 2.22. The van der Waals surface area contributed by atoms with E-state index in [0.29, 0.717) is 0 Å². The molecule has 1 aromatic heterocycles. The zero-order chi connectivity index (χ0) is 15.7. The average molecular weight is 297 g/mol. The molecule has 1 heterocycles. The van der Waals surface area contributed by atoms with E-state index in [1.807, 2.05) is 0 Å². The van der Waals surface area contributed by atoms with E-state index in [-0.39, 0.29) is 28.8 Å². The number of nitrogens with zero attached hydrogens (tertiary/aromatic N) is 1. The molecule has 0 saturated heterocycles. The second kappa shape index (κ2) is 5.51. The molecule has 0 aliphatic carbocycles. The Hall–Kier alpha value is -2.44. The van der Waals surface area contributed by atoms with Gasteiger partial charge < -0.3 is 14.0 Å². The molecular formula is C14H13F2NO4. The summed E-state index contributed by atoms with van der Waals surface area (Å²) in [6.45, 7) is 1.70. The summed E-state index contributed by atoms with van der Waals surface area (Å²) in [5.41, 5.74) is -0.923. The Kier molecular flexibility index (Phi) is 3.93. The van der Waals surface area contributed by atoms with E-state index >= 15 is 0 Å². The maximum atomic E-state index is 13.7. The van der Waals surface area contributed by atoms with Gasteiger partial charge in [0.15, 0.2) is 11.6 Å². The van der Waals surface area contributed by atoms with Crippen LogP contribution in [0.5, 0.6) is 5.75 Å². The molecule has 21 heavy (non-hydrogen) atoms. The van der Waals surface area contributed by atoms with Crippen LogP contribution in [0.15, 0.2) is 17.1 Å². The van der Waals surface area contributed by atoms with Gasteiger partial charge in [-0.3, -0.25) is 4.79 Å². The largest absolute Gasteiger partial charge is 0.491 e. The van der Waals surface area contributed by atoms with Crippen LogP contribution < -0.4 is 10.2 Å². The van der Waals surface area contributed by atoms with Gasteiger partial charge in [0.25, 0.3) is 0 Å². The number of halogens is 2. The van der Waals surface area contributed by atoms with Crippen molar-refractivity contribution < 1.29 is 23.0 Å². The topological polar surface area (TPSA) is 57.5 Å². The molecule has 0 fully saturated rings. The lowest BCUT2D eigenvalue weighted by atomic mass is 10.1. The lowest BCUT2D eigenvalue weighted by Crippen LogP contribution is -2.21. The molecule has 2 aromatic rings. The summed E-state index contributed by atoms with van der Waals surface area (Å²) in [5, 5.41) is -0.154. The van der Waals surface area contributed by atoms with Gasteiger partial charge in [-0.15, -0.1) is 0 Å². The monoisotopic (exact) mass is 297 g/mol. The number of ether oxygens (including phenoxy) is 2. The highest BCUT2D eigenvalue weighted by atomic mass is 19.2. The number of carbonyl (C=O) groups excluding carboxylic acids is 1.